The molecule has 3 rings (SSSR count). The maximum absolute atomic E-state index is 12.4. The van der Waals surface area contributed by atoms with Gasteiger partial charge in [0.15, 0.2) is 5.78 Å². The molecule has 5 heteroatoms. The molecule has 0 bridgehead atoms. The summed E-state index contributed by atoms with van der Waals surface area (Å²) in [5.74, 6) is 0.0867. The molecule has 0 spiro atoms. The molecule has 0 saturated heterocycles. The smallest absolute Gasteiger partial charge is 0.354 e. The molecule has 1 aromatic heterocycles. The highest BCUT2D eigenvalue weighted by Gasteiger charge is 2.22. The van der Waals surface area contributed by atoms with Crippen LogP contribution in [0, 0.1) is 0 Å². The largest absolute Gasteiger partial charge is 0.488 e. The standard InChI is InChI=1S/C16H13NO4/c1-20-16(19)13-7-6-11(17-13)8-10-9-21-14-5-3-2-4-12(14)15(10)18/h2-8,17H,9H2,1H3/b10-8-. The first-order chi connectivity index (χ1) is 10.2. The first-order valence-corrected chi connectivity index (χ1v) is 6.43. The lowest BCUT2D eigenvalue weighted by Gasteiger charge is -2.18. The molecule has 5 nitrogen and oxygen atoms in total. The van der Waals surface area contributed by atoms with Gasteiger partial charge in [0.05, 0.1) is 12.7 Å². The van der Waals surface area contributed by atoms with Crippen molar-refractivity contribution in [2.45, 2.75) is 0 Å². The van der Waals surface area contributed by atoms with Gasteiger partial charge in [-0.15, -0.1) is 0 Å². The number of esters is 1. The summed E-state index contributed by atoms with van der Waals surface area (Å²) in [5.41, 5.74) is 2.08. The Morgan fingerprint density at radius 3 is 2.90 bits per heavy atom. The summed E-state index contributed by atoms with van der Waals surface area (Å²) in [7, 11) is 1.32. The molecular weight excluding hydrogens is 270 g/mol. The SMILES string of the molecule is COC(=O)c1ccc(/C=C2/COc3ccccc3C2=O)[nH]1. The molecule has 1 aromatic carbocycles. The van der Waals surface area contributed by atoms with Crippen molar-refractivity contribution in [1.29, 1.82) is 0 Å². The first-order valence-electron chi connectivity index (χ1n) is 6.43. The molecule has 0 radical (unpaired) electrons. The van der Waals surface area contributed by atoms with Gasteiger partial charge in [0.25, 0.3) is 0 Å². The van der Waals surface area contributed by atoms with E-state index < -0.39 is 5.97 Å². The zero-order valence-corrected chi connectivity index (χ0v) is 11.4. The highest BCUT2D eigenvalue weighted by atomic mass is 16.5. The van der Waals surface area contributed by atoms with Crippen LogP contribution in [0.25, 0.3) is 6.08 Å². The van der Waals surface area contributed by atoms with Gasteiger partial charge in [0.1, 0.15) is 18.1 Å². The van der Waals surface area contributed by atoms with Crippen molar-refractivity contribution in [2.75, 3.05) is 13.7 Å². The number of nitrogens with one attached hydrogen (secondary N) is 1. The zero-order chi connectivity index (χ0) is 14.8. The van der Waals surface area contributed by atoms with Crippen LogP contribution < -0.4 is 4.74 Å². The van der Waals surface area contributed by atoms with Gasteiger partial charge >= 0.3 is 5.97 Å². The molecule has 106 valence electrons. The van der Waals surface area contributed by atoms with Crippen LogP contribution in [-0.2, 0) is 4.74 Å². The average Bonchev–Trinajstić information content (AvgIpc) is 2.98. The van der Waals surface area contributed by atoms with Crippen LogP contribution in [0.15, 0.2) is 42.0 Å². The van der Waals surface area contributed by atoms with E-state index >= 15 is 0 Å². The number of fused-ring (bicyclic) bond motifs is 1. The van der Waals surface area contributed by atoms with Crippen LogP contribution in [0.5, 0.6) is 5.75 Å². The van der Waals surface area contributed by atoms with E-state index in [2.05, 4.69) is 9.72 Å². The molecule has 0 amide bonds. The third-order valence-corrected chi connectivity index (χ3v) is 3.25. The number of ketones is 1. The molecule has 2 heterocycles. The highest BCUT2D eigenvalue weighted by Crippen LogP contribution is 2.27. The van der Waals surface area contributed by atoms with Crippen LogP contribution in [0.3, 0.4) is 0 Å². The third kappa shape index (κ3) is 2.45. The number of rotatable bonds is 2. The van der Waals surface area contributed by atoms with E-state index in [1.165, 1.54) is 7.11 Å². The minimum atomic E-state index is -0.448. The minimum Gasteiger partial charge on any atom is -0.488 e. The van der Waals surface area contributed by atoms with E-state index in [1.54, 1.807) is 36.4 Å². The fourth-order valence-electron chi connectivity index (χ4n) is 2.19. The maximum Gasteiger partial charge on any atom is 0.354 e. The maximum atomic E-state index is 12.4. The average molecular weight is 283 g/mol. The van der Waals surface area contributed by atoms with E-state index in [0.717, 1.165) is 0 Å². The fourth-order valence-corrected chi connectivity index (χ4v) is 2.19. The molecular formula is C16H13NO4. The normalized spacial score (nSPS) is 15.5. The summed E-state index contributed by atoms with van der Waals surface area (Å²) in [5, 5.41) is 0. The minimum absolute atomic E-state index is 0.0638. The van der Waals surface area contributed by atoms with Crippen LogP contribution in [0.4, 0.5) is 0 Å². The van der Waals surface area contributed by atoms with Gasteiger partial charge in [-0.2, -0.15) is 0 Å². The van der Waals surface area contributed by atoms with Crippen LogP contribution in [-0.4, -0.2) is 30.5 Å². The zero-order valence-electron chi connectivity index (χ0n) is 11.4. The number of carbonyl (C=O) groups excluding carboxylic acids is 2. The van der Waals surface area contributed by atoms with Crippen LogP contribution in [0.1, 0.15) is 26.5 Å². The molecule has 1 N–H and O–H groups in total. The van der Waals surface area contributed by atoms with Crippen LogP contribution in [0.2, 0.25) is 0 Å². The van der Waals surface area contributed by atoms with Crippen molar-refractivity contribution in [1.82, 2.24) is 4.98 Å². The highest BCUT2D eigenvalue weighted by molar-refractivity contribution is 6.13. The lowest BCUT2D eigenvalue weighted by molar-refractivity contribution is 0.0594. The van der Waals surface area contributed by atoms with E-state index in [9.17, 15) is 9.59 Å². The fraction of sp³-hybridized carbons (Fsp3) is 0.125. The van der Waals surface area contributed by atoms with Crippen molar-refractivity contribution in [3.63, 3.8) is 0 Å². The summed E-state index contributed by atoms with van der Waals surface area (Å²) in [6, 6.07) is 10.5. The second-order valence-electron chi connectivity index (χ2n) is 4.60. The number of para-hydroxylation sites is 1. The number of hydrogen-bond acceptors (Lipinski definition) is 4. The second kappa shape index (κ2) is 5.28. The molecule has 0 atom stereocenters. The predicted octanol–water partition coefficient (Wildman–Crippen LogP) is 2.46. The van der Waals surface area contributed by atoms with E-state index in [-0.39, 0.29) is 12.4 Å². The van der Waals surface area contributed by atoms with Gasteiger partial charge in [0, 0.05) is 11.3 Å². The van der Waals surface area contributed by atoms with Crippen LogP contribution >= 0.6 is 0 Å². The summed E-state index contributed by atoms with van der Waals surface area (Å²) < 4.78 is 10.2. The Hall–Kier alpha value is -2.82. The van der Waals surface area contributed by atoms with Gasteiger partial charge in [-0.25, -0.2) is 4.79 Å². The number of aromatic nitrogens is 1. The van der Waals surface area contributed by atoms with E-state index in [4.69, 9.17) is 4.74 Å². The number of Topliss-reactive ketones (excluding diaryl/α,β-unsaturated/α-hetero) is 1. The van der Waals surface area contributed by atoms with Crippen molar-refractivity contribution < 1.29 is 19.1 Å². The summed E-state index contributed by atoms with van der Waals surface area (Å²) >= 11 is 0. The molecule has 1 aliphatic heterocycles. The van der Waals surface area contributed by atoms with E-state index in [1.807, 2.05) is 6.07 Å². The third-order valence-electron chi connectivity index (χ3n) is 3.25. The van der Waals surface area contributed by atoms with Crippen molar-refractivity contribution in [3.05, 3.63) is 58.9 Å². The number of H-pyrrole nitrogens is 1. The van der Waals surface area contributed by atoms with Gasteiger partial charge in [-0.3, -0.25) is 4.79 Å². The van der Waals surface area contributed by atoms with Crippen molar-refractivity contribution in [2.24, 2.45) is 0 Å². The molecule has 0 aliphatic carbocycles. The molecule has 2 aromatic rings. The van der Waals surface area contributed by atoms with Gasteiger partial charge in [0.2, 0.25) is 0 Å². The number of ether oxygens (including phenoxy) is 2. The Morgan fingerprint density at radius 1 is 1.29 bits per heavy atom. The lowest BCUT2D eigenvalue weighted by Crippen LogP contribution is -2.18. The van der Waals surface area contributed by atoms with Gasteiger partial charge in [-0.1, -0.05) is 12.1 Å². The molecule has 0 fully saturated rings. The lowest BCUT2D eigenvalue weighted by atomic mass is 10.00. The van der Waals surface area contributed by atoms with Crippen molar-refractivity contribution >= 4 is 17.8 Å². The Labute approximate surface area is 121 Å². The molecule has 0 unspecified atom stereocenters. The van der Waals surface area contributed by atoms with Gasteiger partial charge in [-0.05, 0) is 30.3 Å². The number of methoxy groups -OCH3 is 1. The second-order valence-corrected chi connectivity index (χ2v) is 4.60. The number of benzene rings is 1. The Kier molecular flexibility index (Phi) is 3.31. The quantitative estimate of drug-likeness (QED) is 0.679. The predicted molar refractivity (Wildman–Crippen MR) is 76.4 cm³/mol. The Morgan fingerprint density at radius 2 is 2.10 bits per heavy atom. The topological polar surface area (TPSA) is 68.4 Å². The summed E-state index contributed by atoms with van der Waals surface area (Å²) in [4.78, 5) is 26.6. The number of hydrogen-bond donors (Lipinski definition) is 1. The number of aromatic amines is 1. The van der Waals surface area contributed by atoms with Gasteiger partial charge < -0.3 is 14.5 Å². The first kappa shape index (κ1) is 13.2. The van der Waals surface area contributed by atoms with Crippen molar-refractivity contribution in [3.8, 4) is 5.75 Å². The molecule has 1 aliphatic rings. The summed E-state index contributed by atoms with van der Waals surface area (Å²) in [6.07, 6.45) is 1.69. The summed E-state index contributed by atoms with van der Waals surface area (Å²) in [6.45, 7) is 0.211. The Bertz CT molecular complexity index is 742. The van der Waals surface area contributed by atoms with E-state index in [0.29, 0.717) is 28.3 Å². The Balaban J connectivity index is 1.90. The molecule has 0 saturated carbocycles. The number of carbonyl (C=O) groups is 2. The molecule has 21 heavy (non-hydrogen) atoms. The monoisotopic (exact) mass is 283 g/mol.